The molecular weight excluding hydrogens is 272 g/mol. The number of anilines is 1. The third kappa shape index (κ3) is 3.39. The fourth-order valence-electron chi connectivity index (χ4n) is 2.39. The molecule has 1 N–H and O–H groups in total. The minimum atomic E-state index is -0.475. The third-order valence-corrected chi connectivity index (χ3v) is 3.65. The number of Topliss-reactive ketones (excluding diaryl/α,β-unsaturated/α-hetero) is 1. The second kappa shape index (κ2) is 6.39. The van der Waals surface area contributed by atoms with Crippen LogP contribution in [0.4, 0.5) is 11.4 Å². The third-order valence-electron chi connectivity index (χ3n) is 3.65. The topological polar surface area (TPSA) is 81.5 Å². The number of benzene rings is 1. The fourth-order valence-corrected chi connectivity index (χ4v) is 2.39. The molecule has 0 unspecified atom stereocenters. The Morgan fingerprint density at radius 3 is 2.90 bits per heavy atom. The number of allylic oxidation sites excluding steroid dienone is 1. The van der Waals surface area contributed by atoms with E-state index in [9.17, 15) is 14.9 Å². The maximum atomic E-state index is 12.0. The molecule has 0 aliphatic heterocycles. The predicted molar refractivity (Wildman–Crippen MR) is 79.4 cm³/mol. The van der Waals surface area contributed by atoms with Gasteiger partial charge in [0.15, 0.2) is 5.78 Å². The van der Waals surface area contributed by atoms with Crippen molar-refractivity contribution >= 4 is 17.2 Å². The van der Waals surface area contributed by atoms with Gasteiger partial charge in [-0.15, -0.1) is 0 Å². The monoisotopic (exact) mass is 290 g/mol. The molecule has 0 heterocycles. The molecule has 1 aromatic carbocycles. The first kappa shape index (κ1) is 15.0. The average molecular weight is 290 g/mol. The second-order valence-electron chi connectivity index (χ2n) is 5.11. The Morgan fingerprint density at radius 2 is 2.24 bits per heavy atom. The lowest BCUT2D eigenvalue weighted by molar-refractivity contribution is -0.384. The van der Waals surface area contributed by atoms with Crippen LogP contribution in [0.1, 0.15) is 26.2 Å². The number of rotatable bonds is 4. The lowest BCUT2D eigenvalue weighted by atomic mass is 9.86. The van der Waals surface area contributed by atoms with Crippen LogP contribution in [0.2, 0.25) is 0 Å². The Bertz CT molecular complexity index is 595. The van der Waals surface area contributed by atoms with Crippen LogP contribution < -0.4 is 10.1 Å². The first-order chi connectivity index (χ1) is 10.0. The van der Waals surface area contributed by atoms with E-state index in [2.05, 4.69) is 5.32 Å². The van der Waals surface area contributed by atoms with Gasteiger partial charge in [0.2, 0.25) is 0 Å². The standard InChI is InChI=1S/C15H18N2O4/c1-10-4-3-5-11(15(10)18)9-16-13-7-6-12(17(19)20)8-14(13)21-2/h6-10,16H,3-5H2,1-2H3/b11-9-/t10-/m1/s1. The van der Waals surface area contributed by atoms with Gasteiger partial charge in [-0.3, -0.25) is 14.9 Å². The van der Waals surface area contributed by atoms with Crippen LogP contribution in [0, 0.1) is 16.0 Å². The highest BCUT2D eigenvalue weighted by Gasteiger charge is 2.22. The van der Waals surface area contributed by atoms with Gasteiger partial charge < -0.3 is 10.1 Å². The molecule has 6 nitrogen and oxygen atoms in total. The van der Waals surface area contributed by atoms with Crippen LogP contribution in [-0.4, -0.2) is 17.8 Å². The van der Waals surface area contributed by atoms with Gasteiger partial charge in [0.25, 0.3) is 5.69 Å². The van der Waals surface area contributed by atoms with Crippen molar-refractivity contribution in [3.05, 3.63) is 40.1 Å². The fraction of sp³-hybridized carbons (Fsp3) is 0.400. The molecule has 112 valence electrons. The lowest BCUT2D eigenvalue weighted by Gasteiger charge is -2.19. The quantitative estimate of drug-likeness (QED) is 0.522. The minimum absolute atomic E-state index is 0.0348. The van der Waals surface area contributed by atoms with Crippen molar-refractivity contribution in [2.75, 3.05) is 12.4 Å². The summed E-state index contributed by atoms with van der Waals surface area (Å²) in [6.07, 6.45) is 4.36. The van der Waals surface area contributed by atoms with Gasteiger partial charge in [0, 0.05) is 23.8 Å². The van der Waals surface area contributed by atoms with E-state index in [1.165, 1.54) is 19.2 Å². The molecule has 0 bridgehead atoms. The molecule has 1 aliphatic carbocycles. The van der Waals surface area contributed by atoms with E-state index in [1.54, 1.807) is 12.3 Å². The summed E-state index contributed by atoms with van der Waals surface area (Å²) in [6, 6.07) is 4.32. The lowest BCUT2D eigenvalue weighted by Crippen LogP contribution is -2.19. The van der Waals surface area contributed by atoms with Gasteiger partial charge >= 0.3 is 0 Å². The molecular formula is C15H18N2O4. The van der Waals surface area contributed by atoms with Gasteiger partial charge in [-0.2, -0.15) is 0 Å². The van der Waals surface area contributed by atoms with E-state index in [-0.39, 0.29) is 17.4 Å². The number of ketones is 1. The van der Waals surface area contributed by atoms with Crippen LogP contribution in [-0.2, 0) is 4.79 Å². The van der Waals surface area contributed by atoms with E-state index < -0.39 is 4.92 Å². The molecule has 6 heteroatoms. The maximum absolute atomic E-state index is 12.0. The number of hydrogen-bond donors (Lipinski definition) is 1. The number of carbonyl (C=O) groups is 1. The molecule has 0 spiro atoms. The zero-order valence-electron chi connectivity index (χ0n) is 12.1. The number of ether oxygens (including phenoxy) is 1. The molecule has 1 fully saturated rings. The van der Waals surface area contributed by atoms with Gasteiger partial charge in [-0.05, 0) is 25.3 Å². The number of carbonyl (C=O) groups excluding carboxylic acids is 1. The Labute approximate surface area is 122 Å². The minimum Gasteiger partial charge on any atom is -0.494 e. The number of non-ortho nitro benzene ring substituents is 1. The first-order valence-electron chi connectivity index (χ1n) is 6.85. The number of nitrogens with zero attached hydrogens (tertiary/aromatic N) is 1. The molecule has 0 amide bonds. The smallest absolute Gasteiger partial charge is 0.273 e. The Hall–Kier alpha value is -2.37. The molecule has 21 heavy (non-hydrogen) atoms. The average Bonchev–Trinajstić information content (AvgIpc) is 2.48. The van der Waals surface area contributed by atoms with Gasteiger partial charge in [-0.25, -0.2) is 0 Å². The normalized spacial score (nSPS) is 20.4. The summed E-state index contributed by atoms with van der Waals surface area (Å²) in [6.45, 7) is 1.93. The zero-order chi connectivity index (χ0) is 15.4. The molecule has 0 aromatic heterocycles. The molecule has 1 saturated carbocycles. The Morgan fingerprint density at radius 1 is 1.48 bits per heavy atom. The molecule has 1 aromatic rings. The zero-order valence-corrected chi connectivity index (χ0v) is 12.1. The van der Waals surface area contributed by atoms with E-state index in [0.717, 1.165) is 24.8 Å². The van der Waals surface area contributed by atoms with Crippen LogP contribution in [0.15, 0.2) is 30.0 Å². The highest BCUT2D eigenvalue weighted by atomic mass is 16.6. The summed E-state index contributed by atoms with van der Waals surface area (Å²) in [5.74, 6) is 0.595. The van der Waals surface area contributed by atoms with Crippen molar-refractivity contribution < 1.29 is 14.5 Å². The molecule has 1 aliphatic rings. The summed E-state index contributed by atoms with van der Waals surface area (Å²) in [5.41, 5.74) is 1.32. The van der Waals surface area contributed by atoms with E-state index >= 15 is 0 Å². The van der Waals surface area contributed by atoms with Gasteiger partial charge in [0.05, 0.1) is 23.8 Å². The predicted octanol–water partition coefficient (Wildman–Crippen LogP) is 3.29. The summed E-state index contributed by atoms with van der Waals surface area (Å²) >= 11 is 0. The largest absolute Gasteiger partial charge is 0.494 e. The van der Waals surface area contributed by atoms with Crippen LogP contribution >= 0.6 is 0 Å². The summed E-state index contributed by atoms with van der Waals surface area (Å²) in [7, 11) is 1.45. The number of nitro benzene ring substituents is 1. The van der Waals surface area contributed by atoms with E-state index in [4.69, 9.17) is 4.74 Å². The number of methoxy groups -OCH3 is 1. The van der Waals surface area contributed by atoms with Gasteiger partial charge in [0.1, 0.15) is 5.75 Å². The van der Waals surface area contributed by atoms with Crippen molar-refractivity contribution in [2.45, 2.75) is 26.2 Å². The van der Waals surface area contributed by atoms with E-state index in [1.807, 2.05) is 6.92 Å². The number of nitro groups is 1. The summed E-state index contributed by atoms with van der Waals surface area (Å²) in [4.78, 5) is 22.3. The van der Waals surface area contributed by atoms with Crippen molar-refractivity contribution in [3.63, 3.8) is 0 Å². The molecule has 0 radical (unpaired) electrons. The second-order valence-corrected chi connectivity index (χ2v) is 5.11. The van der Waals surface area contributed by atoms with Crippen LogP contribution in [0.5, 0.6) is 5.75 Å². The molecule has 2 rings (SSSR count). The number of nitrogens with one attached hydrogen (secondary N) is 1. The van der Waals surface area contributed by atoms with Crippen molar-refractivity contribution in [3.8, 4) is 5.75 Å². The van der Waals surface area contributed by atoms with Gasteiger partial charge in [-0.1, -0.05) is 6.92 Å². The van der Waals surface area contributed by atoms with E-state index in [0.29, 0.717) is 11.4 Å². The SMILES string of the molecule is COc1cc([N+](=O)[O-])ccc1N/C=C1/CCC[C@@H](C)C1=O. The maximum Gasteiger partial charge on any atom is 0.273 e. The highest BCUT2D eigenvalue weighted by molar-refractivity contribution is 5.97. The Kier molecular flexibility index (Phi) is 4.57. The molecule has 0 saturated heterocycles. The summed E-state index contributed by atoms with van der Waals surface area (Å²) in [5, 5.41) is 13.8. The van der Waals surface area contributed by atoms with Crippen molar-refractivity contribution in [1.82, 2.24) is 0 Å². The first-order valence-corrected chi connectivity index (χ1v) is 6.85. The number of hydrogen-bond acceptors (Lipinski definition) is 5. The van der Waals surface area contributed by atoms with Crippen molar-refractivity contribution in [2.24, 2.45) is 5.92 Å². The van der Waals surface area contributed by atoms with Crippen molar-refractivity contribution in [1.29, 1.82) is 0 Å². The highest BCUT2D eigenvalue weighted by Crippen LogP contribution is 2.30. The van der Waals surface area contributed by atoms with Crippen LogP contribution in [0.3, 0.4) is 0 Å². The Balaban J connectivity index is 2.19. The molecule has 1 atom stereocenters. The summed E-state index contributed by atoms with van der Waals surface area (Å²) < 4.78 is 5.14. The van der Waals surface area contributed by atoms with Crippen LogP contribution in [0.25, 0.3) is 0 Å².